The normalized spacial score (nSPS) is 21.2. The maximum absolute atomic E-state index is 12.3. The van der Waals surface area contributed by atoms with E-state index in [0.29, 0.717) is 26.2 Å². The van der Waals surface area contributed by atoms with Gasteiger partial charge in [0, 0.05) is 32.7 Å². The Hall–Kier alpha value is -2.25. The third-order valence-electron chi connectivity index (χ3n) is 3.45. The van der Waals surface area contributed by atoms with E-state index in [9.17, 15) is 14.4 Å². The third-order valence-corrected chi connectivity index (χ3v) is 3.45. The molecule has 0 saturated carbocycles. The molecule has 2 rings (SSSR count). The molecule has 2 heterocycles. The van der Waals surface area contributed by atoms with Gasteiger partial charge in [-0.2, -0.15) is 0 Å². The standard InChI is InChI=1S/C12H18N4O4/c1-2-3-14(8-10(17)18)12(20)15-4-5-16-9(7-15)6-13-11(16)19/h2,9H,1,3-8H2,(H,13,19)(H,17,18). The summed E-state index contributed by atoms with van der Waals surface area (Å²) >= 11 is 0. The molecule has 0 radical (unpaired) electrons. The van der Waals surface area contributed by atoms with Crippen LogP contribution in [0.4, 0.5) is 9.59 Å². The zero-order valence-corrected chi connectivity index (χ0v) is 11.1. The smallest absolute Gasteiger partial charge is 0.323 e. The molecule has 8 heteroatoms. The molecule has 0 spiro atoms. The molecule has 0 bridgehead atoms. The van der Waals surface area contributed by atoms with Crippen molar-refractivity contribution in [1.29, 1.82) is 0 Å². The third kappa shape index (κ3) is 2.84. The van der Waals surface area contributed by atoms with E-state index in [1.54, 1.807) is 9.80 Å². The van der Waals surface area contributed by atoms with Gasteiger partial charge in [-0.25, -0.2) is 9.59 Å². The molecule has 8 nitrogen and oxygen atoms in total. The van der Waals surface area contributed by atoms with Crippen LogP contribution in [0.1, 0.15) is 0 Å². The number of carbonyl (C=O) groups excluding carboxylic acids is 2. The van der Waals surface area contributed by atoms with Gasteiger partial charge in [0.15, 0.2) is 0 Å². The van der Waals surface area contributed by atoms with Crippen molar-refractivity contribution in [3.8, 4) is 0 Å². The fourth-order valence-corrected chi connectivity index (χ4v) is 2.51. The fourth-order valence-electron chi connectivity index (χ4n) is 2.51. The van der Waals surface area contributed by atoms with E-state index in [1.807, 2.05) is 0 Å². The van der Waals surface area contributed by atoms with Crippen molar-refractivity contribution in [1.82, 2.24) is 20.0 Å². The molecule has 4 amide bonds. The van der Waals surface area contributed by atoms with Crippen molar-refractivity contribution in [3.05, 3.63) is 12.7 Å². The van der Waals surface area contributed by atoms with E-state index in [1.165, 1.54) is 11.0 Å². The number of piperazine rings is 1. The lowest BCUT2D eigenvalue weighted by atomic mass is 10.2. The van der Waals surface area contributed by atoms with Crippen LogP contribution in [0, 0.1) is 0 Å². The number of hydrogen-bond acceptors (Lipinski definition) is 3. The first-order valence-corrected chi connectivity index (χ1v) is 6.44. The number of urea groups is 2. The molecular weight excluding hydrogens is 264 g/mol. The molecule has 20 heavy (non-hydrogen) atoms. The Kier molecular flexibility index (Phi) is 4.11. The predicted octanol–water partition coefficient (Wildman–Crippen LogP) is -0.612. The Balaban J connectivity index is 1.99. The van der Waals surface area contributed by atoms with Gasteiger partial charge in [0.1, 0.15) is 6.54 Å². The quantitative estimate of drug-likeness (QED) is 0.673. The summed E-state index contributed by atoms with van der Waals surface area (Å²) in [7, 11) is 0. The summed E-state index contributed by atoms with van der Waals surface area (Å²) in [4.78, 5) is 39.1. The zero-order chi connectivity index (χ0) is 14.7. The van der Waals surface area contributed by atoms with Crippen LogP contribution in [-0.4, -0.2) is 83.1 Å². The van der Waals surface area contributed by atoms with Gasteiger partial charge in [0.2, 0.25) is 0 Å². The molecule has 2 fully saturated rings. The summed E-state index contributed by atoms with van der Waals surface area (Å²) < 4.78 is 0. The Labute approximate surface area is 116 Å². The first kappa shape index (κ1) is 14.2. The maximum atomic E-state index is 12.3. The van der Waals surface area contributed by atoms with Gasteiger partial charge in [0.05, 0.1) is 6.04 Å². The van der Waals surface area contributed by atoms with Crippen molar-refractivity contribution in [3.63, 3.8) is 0 Å². The number of nitrogens with zero attached hydrogens (tertiary/aromatic N) is 3. The highest BCUT2D eigenvalue weighted by molar-refractivity contribution is 5.81. The molecular formula is C12H18N4O4. The van der Waals surface area contributed by atoms with Gasteiger partial charge in [-0.1, -0.05) is 6.08 Å². The van der Waals surface area contributed by atoms with Crippen LogP contribution < -0.4 is 5.32 Å². The van der Waals surface area contributed by atoms with Gasteiger partial charge >= 0.3 is 18.0 Å². The van der Waals surface area contributed by atoms with Crippen LogP contribution in [0.25, 0.3) is 0 Å². The molecule has 0 aromatic rings. The van der Waals surface area contributed by atoms with Crippen molar-refractivity contribution in [2.45, 2.75) is 6.04 Å². The molecule has 2 aliphatic heterocycles. The number of carboxylic acids is 1. The van der Waals surface area contributed by atoms with E-state index in [2.05, 4.69) is 11.9 Å². The van der Waals surface area contributed by atoms with Crippen molar-refractivity contribution in [2.24, 2.45) is 0 Å². The van der Waals surface area contributed by atoms with Crippen LogP contribution in [0.2, 0.25) is 0 Å². The summed E-state index contributed by atoms with van der Waals surface area (Å²) in [6.07, 6.45) is 1.50. The highest BCUT2D eigenvalue weighted by Crippen LogP contribution is 2.15. The number of hydrogen-bond donors (Lipinski definition) is 2. The summed E-state index contributed by atoms with van der Waals surface area (Å²) in [5.41, 5.74) is 0. The number of amides is 4. The molecule has 2 N–H and O–H groups in total. The fraction of sp³-hybridized carbons (Fsp3) is 0.583. The lowest BCUT2D eigenvalue weighted by Crippen LogP contribution is -2.57. The second kappa shape index (κ2) is 5.81. The van der Waals surface area contributed by atoms with Crippen molar-refractivity contribution < 1.29 is 19.5 Å². The Bertz CT molecular complexity index is 439. The minimum absolute atomic E-state index is 0.0318. The molecule has 2 aliphatic rings. The maximum Gasteiger partial charge on any atom is 0.323 e. The lowest BCUT2D eigenvalue weighted by molar-refractivity contribution is -0.137. The monoisotopic (exact) mass is 282 g/mol. The number of carboxylic acid groups (broad SMARTS) is 1. The first-order chi connectivity index (χ1) is 9.52. The minimum Gasteiger partial charge on any atom is -0.480 e. The van der Waals surface area contributed by atoms with E-state index >= 15 is 0 Å². The second-order valence-electron chi connectivity index (χ2n) is 4.82. The van der Waals surface area contributed by atoms with Crippen LogP contribution in [0.3, 0.4) is 0 Å². The molecule has 0 aromatic heterocycles. The van der Waals surface area contributed by atoms with Crippen LogP contribution in [0.15, 0.2) is 12.7 Å². The number of carbonyl (C=O) groups is 3. The van der Waals surface area contributed by atoms with Gasteiger partial charge in [-0.15, -0.1) is 6.58 Å². The molecule has 1 atom stereocenters. The molecule has 0 aromatic carbocycles. The van der Waals surface area contributed by atoms with Crippen molar-refractivity contribution >= 4 is 18.0 Å². The van der Waals surface area contributed by atoms with Crippen LogP contribution in [-0.2, 0) is 4.79 Å². The molecule has 1 unspecified atom stereocenters. The van der Waals surface area contributed by atoms with E-state index in [4.69, 9.17) is 5.11 Å². The second-order valence-corrected chi connectivity index (χ2v) is 4.82. The highest BCUT2D eigenvalue weighted by atomic mass is 16.4. The van der Waals surface area contributed by atoms with E-state index in [-0.39, 0.29) is 31.2 Å². The summed E-state index contributed by atoms with van der Waals surface area (Å²) in [6.45, 7) is 5.18. The minimum atomic E-state index is -1.06. The summed E-state index contributed by atoms with van der Waals surface area (Å²) in [5.74, 6) is -1.06. The average molecular weight is 282 g/mol. The summed E-state index contributed by atoms with van der Waals surface area (Å²) in [6, 6.07) is -0.461. The van der Waals surface area contributed by atoms with Gasteiger partial charge in [-0.05, 0) is 0 Å². The Morgan fingerprint density at radius 3 is 2.90 bits per heavy atom. The summed E-state index contributed by atoms with van der Waals surface area (Å²) in [5, 5.41) is 11.6. The lowest BCUT2D eigenvalue weighted by Gasteiger charge is -2.38. The number of nitrogens with one attached hydrogen (secondary N) is 1. The van der Waals surface area contributed by atoms with Crippen LogP contribution in [0.5, 0.6) is 0 Å². The molecule has 2 saturated heterocycles. The zero-order valence-electron chi connectivity index (χ0n) is 11.1. The number of fused-ring (bicyclic) bond motifs is 1. The van der Waals surface area contributed by atoms with Crippen LogP contribution >= 0.6 is 0 Å². The first-order valence-electron chi connectivity index (χ1n) is 6.44. The van der Waals surface area contributed by atoms with Gasteiger partial charge < -0.3 is 25.1 Å². The molecule has 110 valence electrons. The predicted molar refractivity (Wildman–Crippen MR) is 70.3 cm³/mol. The van der Waals surface area contributed by atoms with E-state index in [0.717, 1.165) is 0 Å². The SMILES string of the molecule is C=CCN(CC(=O)O)C(=O)N1CCN2C(=O)NCC2C1. The average Bonchev–Trinajstić information content (AvgIpc) is 2.78. The topological polar surface area (TPSA) is 93.2 Å². The number of rotatable bonds is 4. The van der Waals surface area contributed by atoms with Gasteiger partial charge in [0.25, 0.3) is 0 Å². The van der Waals surface area contributed by atoms with Crippen molar-refractivity contribution in [2.75, 3.05) is 39.3 Å². The van der Waals surface area contributed by atoms with Gasteiger partial charge in [-0.3, -0.25) is 4.79 Å². The Morgan fingerprint density at radius 1 is 1.50 bits per heavy atom. The number of aliphatic carboxylic acids is 1. The largest absolute Gasteiger partial charge is 0.480 e. The van der Waals surface area contributed by atoms with E-state index < -0.39 is 5.97 Å². The molecule has 0 aliphatic carbocycles. The Morgan fingerprint density at radius 2 is 2.25 bits per heavy atom. The highest BCUT2D eigenvalue weighted by Gasteiger charge is 2.37.